The maximum absolute atomic E-state index is 13.3. The number of hydrogen-bond donors (Lipinski definition) is 12. The Kier molecular flexibility index (Phi) is 41.8. The van der Waals surface area contributed by atoms with Gasteiger partial charge >= 0.3 is 0 Å². The van der Waals surface area contributed by atoms with Crippen molar-refractivity contribution in [3.05, 3.63) is 36.5 Å². The molecular formula is C63H115NO18. The molecule has 0 aromatic carbocycles. The molecule has 3 aliphatic rings. The number of aliphatic hydroxyl groups excluding tert-OH is 11. The molecule has 480 valence electrons. The van der Waals surface area contributed by atoms with Gasteiger partial charge in [0, 0.05) is 6.42 Å². The van der Waals surface area contributed by atoms with Crippen molar-refractivity contribution in [2.75, 3.05) is 26.4 Å². The van der Waals surface area contributed by atoms with E-state index in [9.17, 15) is 61.0 Å². The van der Waals surface area contributed by atoms with Gasteiger partial charge in [0.15, 0.2) is 18.9 Å². The molecule has 0 aromatic rings. The lowest BCUT2D eigenvalue weighted by Gasteiger charge is -2.48. The Bertz CT molecular complexity index is 1640. The minimum absolute atomic E-state index is 0.227. The summed E-state index contributed by atoms with van der Waals surface area (Å²) in [4.78, 5) is 13.3. The van der Waals surface area contributed by atoms with Crippen molar-refractivity contribution in [1.82, 2.24) is 5.32 Å². The van der Waals surface area contributed by atoms with Crippen molar-refractivity contribution < 1.29 is 89.4 Å². The third-order valence-electron chi connectivity index (χ3n) is 16.2. The van der Waals surface area contributed by atoms with Gasteiger partial charge in [-0.3, -0.25) is 4.79 Å². The fourth-order valence-corrected chi connectivity index (χ4v) is 10.9. The smallest absolute Gasteiger partial charge is 0.220 e. The third kappa shape index (κ3) is 29.1. The van der Waals surface area contributed by atoms with Gasteiger partial charge in [-0.15, -0.1) is 0 Å². The van der Waals surface area contributed by atoms with Gasteiger partial charge in [-0.05, 0) is 44.9 Å². The van der Waals surface area contributed by atoms with Crippen LogP contribution >= 0.6 is 0 Å². The summed E-state index contributed by atoms with van der Waals surface area (Å²) in [6, 6.07) is -0.979. The number of ether oxygens (including phenoxy) is 6. The Labute approximate surface area is 491 Å². The molecule has 3 fully saturated rings. The number of carbonyl (C=O) groups is 1. The summed E-state index contributed by atoms with van der Waals surface area (Å²) in [5.41, 5.74) is 0. The van der Waals surface area contributed by atoms with Gasteiger partial charge in [0.2, 0.25) is 5.91 Å². The molecule has 0 radical (unpaired) electrons. The van der Waals surface area contributed by atoms with Gasteiger partial charge < -0.3 is 89.9 Å². The Hall–Kier alpha value is -1.99. The Balaban J connectivity index is 1.46. The lowest BCUT2D eigenvalue weighted by Crippen LogP contribution is -2.66. The normalized spacial score (nSPS) is 29.8. The highest BCUT2D eigenvalue weighted by Gasteiger charge is 2.53. The molecule has 0 spiro atoms. The van der Waals surface area contributed by atoms with E-state index in [0.717, 1.165) is 77.0 Å². The lowest BCUT2D eigenvalue weighted by molar-refractivity contribution is -0.379. The van der Waals surface area contributed by atoms with Crippen LogP contribution in [0.25, 0.3) is 0 Å². The summed E-state index contributed by atoms with van der Waals surface area (Å²) < 4.78 is 34.3. The van der Waals surface area contributed by atoms with E-state index < -0.39 is 124 Å². The molecule has 3 heterocycles. The van der Waals surface area contributed by atoms with E-state index in [0.29, 0.717) is 6.42 Å². The zero-order valence-corrected chi connectivity index (χ0v) is 50.2. The molecule has 3 saturated heterocycles. The van der Waals surface area contributed by atoms with Crippen molar-refractivity contribution in [3.63, 3.8) is 0 Å². The van der Waals surface area contributed by atoms with Crippen LogP contribution < -0.4 is 5.32 Å². The average molecular weight is 1170 g/mol. The summed E-state index contributed by atoms with van der Waals surface area (Å²) in [6.07, 6.45) is 24.2. The van der Waals surface area contributed by atoms with Gasteiger partial charge in [-0.2, -0.15) is 0 Å². The van der Waals surface area contributed by atoms with Crippen molar-refractivity contribution in [2.45, 2.75) is 330 Å². The number of aliphatic hydroxyl groups is 11. The molecule has 17 atom stereocenters. The highest BCUT2D eigenvalue weighted by Crippen LogP contribution is 2.33. The monoisotopic (exact) mass is 1170 g/mol. The summed E-state index contributed by atoms with van der Waals surface area (Å²) in [5, 5.41) is 120. The summed E-state index contributed by atoms with van der Waals surface area (Å²) in [7, 11) is 0. The van der Waals surface area contributed by atoms with Gasteiger partial charge in [0.05, 0.1) is 38.6 Å². The number of nitrogens with one attached hydrogen (secondary N) is 1. The Morgan fingerprint density at radius 2 is 0.829 bits per heavy atom. The number of rotatable bonds is 48. The van der Waals surface area contributed by atoms with E-state index in [1.54, 1.807) is 6.08 Å². The maximum Gasteiger partial charge on any atom is 0.220 e. The predicted molar refractivity (Wildman–Crippen MR) is 314 cm³/mol. The Morgan fingerprint density at radius 3 is 1.29 bits per heavy atom. The SMILES string of the molecule is CCC/C=C\C/C=C\CCCCCCCC(=O)NC(COC1OC(CO)C(OC2OC(CO)C(OC3OC(CO)C(O)C(O)C3O)C(O)C2O)C(O)C1O)C(O)/C=C/CCCCCCCCCCCCCCCCCCCCCCCC. The largest absolute Gasteiger partial charge is 0.394 e. The molecule has 0 bridgehead atoms. The van der Waals surface area contributed by atoms with Gasteiger partial charge in [0.1, 0.15) is 73.2 Å². The fourth-order valence-electron chi connectivity index (χ4n) is 10.9. The number of hydrogen-bond acceptors (Lipinski definition) is 18. The first kappa shape index (κ1) is 74.3. The van der Waals surface area contributed by atoms with Crippen LogP contribution in [0.4, 0.5) is 0 Å². The second-order valence-electron chi connectivity index (χ2n) is 23.2. The van der Waals surface area contributed by atoms with Crippen LogP contribution in [0.5, 0.6) is 0 Å². The Morgan fingerprint density at radius 1 is 0.439 bits per heavy atom. The van der Waals surface area contributed by atoms with E-state index in [2.05, 4.69) is 43.5 Å². The van der Waals surface area contributed by atoms with Crippen LogP contribution in [0.1, 0.15) is 226 Å². The molecule has 12 N–H and O–H groups in total. The molecule has 0 aromatic heterocycles. The van der Waals surface area contributed by atoms with Crippen LogP contribution in [-0.2, 0) is 33.2 Å². The van der Waals surface area contributed by atoms with Crippen molar-refractivity contribution in [1.29, 1.82) is 0 Å². The van der Waals surface area contributed by atoms with Crippen LogP contribution in [-0.4, -0.2) is 193 Å². The van der Waals surface area contributed by atoms with E-state index in [4.69, 9.17) is 28.4 Å². The van der Waals surface area contributed by atoms with Crippen molar-refractivity contribution in [2.24, 2.45) is 0 Å². The summed E-state index contributed by atoms with van der Waals surface area (Å²) in [5.74, 6) is -0.290. The predicted octanol–water partition coefficient (Wildman–Crippen LogP) is 6.88. The average Bonchev–Trinajstić information content (AvgIpc) is 3.42. The summed E-state index contributed by atoms with van der Waals surface area (Å²) >= 11 is 0. The number of allylic oxidation sites excluding steroid dienone is 5. The second kappa shape index (κ2) is 46.2. The van der Waals surface area contributed by atoms with E-state index in [1.807, 2.05) is 6.08 Å². The van der Waals surface area contributed by atoms with Crippen LogP contribution in [0.15, 0.2) is 36.5 Å². The molecule has 3 rings (SSSR count). The molecule has 1 amide bonds. The highest BCUT2D eigenvalue weighted by molar-refractivity contribution is 5.76. The number of carbonyl (C=O) groups excluding carboxylic acids is 1. The number of amides is 1. The number of unbranched alkanes of at least 4 members (excludes halogenated alkanes) is 28. The standard InChI is InChI=1S/C63H115NO18/c1-3-5-7-9-11-13-15-17-18-19-20-21-22-23-24-25-26-27-29-30-32-34-36-38-40-47(68)46(64-51(69)41-39-37-35-33-31-28-16-14-12-10-8-6-4-2)45-77-61-57(75)54(72)59(49(43-66)79-61)82-63-58(76)55(73)60(50(44-67)80-63)81-62-56(74)53(71)52(70)48(42-65)78-62/h8,10,14,16,38,40,46-50,52-63,65-68,70-76H,3-7,9,11-13,15,17-37,39,41-45H2,1-2H3,(H,64,69)/b10-8-,16-14-,40-38+. The van der Waals surface area contributed by atoms with E-state index in [-0.39, 0.29) is 18.9 Å². The molecule has 82 heavy (non-hydrogen) atoms. The van der Waals surface area contributed by atoms with Gasteiger partial charge in [0.25, 0.3) is 0 Å². The third-order valence-corrected chi connectivity index (χ3v) is 16.2. The zero-order chi connectivity index (χ0) is 59.7. The molecule has 17 unspecified atom stereocenters. The maximum atomic E-state index is 13.3. The van der Waals surface area contributed by atoms with Crippen LogP contribution in [0.3, 0.4) is 0 Å². The highest BCUT2D eigenvalue weighted by atomic mass is 16.8. The molecule has 19 heteroatoms. The van der Waals surface area contributed by atoms with E-state index >= 15 is 0 Å². The van der Waals surface area contributed by atoms with Crippen LogP contribution in [0, 0.1) is 0 Å². The molecule has 19 nitrogen and oxygen atoms in total. The first-order chi connectivity index (χ1) is 39.8. The molecule has 3 aliphatic heterocycles. The fraction of sp³-hybridized carbons (Fsp3) is 0.889. The minimum atomic E-state index is -1.98. The zero-order valence-electron chi connectivity index (χ0n) is 50.2. The topological polar surface area (TPSA) is 307 Å². The quantitative estimate of drug-likeness (QED) is 0.0218. The van der Waals surface area contributed by atoms with Gasteiger partial charge in [-0.1, -0.05) is 211 Å². The van der Waals surface area contributed by atoms with E-state index in [1.165, 1.54) is 122 Å². The molecular weight excluding hydrogens is 1060 g/mol. The van der Waals surface area contributed by atoms with Crippen molar-refractivity contribution >= 4 is 5.91 Å². The van der Waals surface area contributed by atoms with Crippen molar-refractivity contribution in [3.8, 4) is 0 Å². The molecule has 0 aliphatic carbocycles. The molecule has 0 saturated carbocycles. The lowest BCUT2D eigenvalue weighted by atomic mass is 9.96. The van der Waals surface area contributed by atoms with Crippen LogP contribution in [0.2, 0.25) is 0 Å². The summed E-state index contributed by atoms with van der Waals surface area (Å²) in [6.45, 7) is 1.65. The van der Waals surface area contributed by atoms with Gasteiger partial charge in [-0.25, -0.2) is 0 Å². The minimum Gasteiger partial charge on any atom is -0.394 e. The first-order valence-electron chi connectivity index (χ1n) is 32.2. The second-order valence-corrected chi connectivity index (χ2v) is 23.2. The first-order valence-corrected chi connectivity index (χ1v) is 32.2.